The van der Waals surface area contributed by atoms with Crippen LogP contribution in [0.5, 0.6) is 0 Å². The number of rotatable bonds is 6. The Morgan fingerprint density at radius 2 is 1.74 bits per heavy atom. The molecule has 3 heterocycles. The number of hydrogen-bond acceptors (Lipinski definition) is 5. The quantitative estimate of drug-likeness (QED) is 0.154. The predicted octanol–water partition coefficient (Wildman–Crippen LogP) is 5.86. The number of nitrogen functional groups attached to an aromatic ring is 1. The number of benzene rings is 2. The second-order valence-electron chi connectivity index (χ2n) is 9.54. The van der Waals surface area contributed by atoms with Gasteiger partial charge < -0.3 is 0 Å². The normalized spacial score (nSPS) is 17.8. The number of nitrogens with one attached hydrogen (secondary N) is 1. The van der Waals surface area contributed by atoms with Gasteiger partial charge in [-0.1, -0.05) is 18.2 Å². The number of hydrogen-bond donors (Lipinski definition) is 2. The van der Waals surface area contributed by atoms with Gasteiger partial charge in [-0.2, -0.15) is 0 Å². The zero-order valence-corrected chi connectivity index (χ0v) is 23.2. The summed E-state index contributed by atoms with van der Waals surface area (Å²) in [6.07, 6.45) is -7.15. The molecule has 0 bridgehead atoms. The molecule has 0 aliphatic carbocycles. The second kappa shape index (κ2) is 9.38. The van der Waals surface area contributed by atoms with Crippen LogP contribution >= 0.6 is 19.8 Å². The number of carbonyl (C=O) groups is 1. The van der Waals surface area contributed by atoms with Gasteiger partial charge in [-0.15, -0.1) is 0 Å². The molecule has 206 valence electrons. The first-order chi connectivity index (χ1) is 18.2. The van der Waals surface area contributed by atoms with Crippen molar-refractivity contribution in [1.82, 2.24) is 19.7 Å². The SMILES string of the molecule is CI(C)c1ccc2c(-c3nc(N)c4c(n3)NC(=O)C4(C)c3ccccc3)nn(CCC(F)(F)C(F)(F)F)c2c1. The average molecular weight is 658 g/mol. The van der Waals surface area contributed by atoms with Gasteiger partial charge in [-0.3, -0.25) is 0 Å². The maximum atomic E-state index is 13.8. The van der Waals surface area contributed by atoms with Gasteiger partial charge in [0.2, 0.25) is 0 Å². The van der Waals surface area contributed by atoms with E-state index >= 15 is 0 Å². The van der Waals surface area contributed by atoms with Crippen molar-refractivity contribution in [3.63, 3.8) is 0 Å². The van der Waals surface area contributed by atoms with Crippen LogP contribution in [0.25, 0.3) is 22.4 Å². The Kier molecular flexibility index (Phi) is 6.55. The molecule has 0 spiro atoms. The molecule has 0 saturated carbocycles. The first-order valence-corrected chi connectivity index (χ1v) is 17.1. The van der Waals surface area contributed by atoms with Crippen LogP contribution in [0.2, 0.25) is 0 Å². The van der Waals surface area contributed by atoms with Crippen molar-refractivity contribution in [3.05, 3.63) is 63.2 Å². The molecule has 39 heavy (non-hydrogen) atoms. The van der Waals surface area contributed by atoms with E-state index in [0.717, 1.165) is 8.25 Å². The molecule has 1 aliphatic rings. The van der Waals surface area contributed by atoms with Gasteiger partial charge in [-0.05, 0) is 0 Å². The van der Waals surface area contributed by atoms with E-state index in [1.54, 1.807) is 43.3 Å². The van der Waals surface area contributed by atoms with Crippen molar-refractivity contribution in [2.75, 3.05) is 20.9 Å². The number of alkyl halides is 7. The number of amides is 1. The van der Waals surface area contributed by atoms with Gasteiger partial charge in [0.25, 0.3) is 0 Å². The average Bonchev–Trinajstić information content (AvgIpc) is 3.37. The van der Waals surface area contributed by atoms with E-state index in [-0.39, 0.29) is 29.1 Å². The summed E-state index contributed by atoms with van der Waals surface area (Å²) in [5.41, 5.74) is 6.86. The molecule has 3 N–H and O–H groups in total. The van der Waals surface area contributed by atoms with Gasteiger partial charge in [0.1, 0.15) is 0 Å². The molecule has 0 radical (unpaired) electrons. The number of anilines is 2. The number of aryl methyl sites for hydroxylation is 1. The third-order valence-corrected chi connectivity index (χ3v) is 10.1. The van der Waals surface area contributed by atoms with Crippen LogP contribution in [-0.2, 0) is 16.8 Å². The second-order valence-corrected chi connectivity index (χ2v) is 15.1. The maximum absolute atomic E-state index is 13.8. The number of fused-ring (bicyclic) bond motifs is 2. The van der Waals surface area contributed by atoms with E-state index in [1.165, 1.54) is 0 Å². The zero-order chi connectivity index (χ0) is 28.3. The van der Waals surface area contributed by atoms with E-state index in [0.29, 0.717) is 22.0 Å². The monoisotopic (exact) mass is 658 g/mol. The molecule has 0 fully saturated rings. The molecule has 1 aliphatic heterocycles. The summed E-state index contributed by atoms with van der Waals surface area (Å²) in [7, 11) is 0. The fourth-order valence-corrected chi connectivity index (χ4v) is 6.48. The van der Waals surface area contributed by atoms with Crippen molar-refractivity contribution in [1.29, 1.82) is 0 Å². The topological polar surface area (TPSA) is 98.7 Å². The first kappa shape index (κ1) is 27.2. The Morgan fingerprint density at radius 3 is 2.38 bits per heavy atom. The Morgan fingerprint density at radius 1 is 1.05 bits per heavy atom. The van der Waals surface area contributed by atoms with Crippen molar-refractivity contribution in [3.8, 4) is 11.5 Å². The number of halogens is 6. The van der Waals surface area contributed by atoms with Gasteiger partial charge in [-0.25, -0.2) is 0 Å². The predicted molar refractivity (Wildman–Crippen MR) is 147 cm³/mol. The minimum atomic E-state index is -5.67. The summed E-state index contributed by atoms with van der Waals surface area (Å²) in [5.74, 6) is -4.99. The number of aromatic nitrogens is 4. The Hall–Kier alpha value is -3.36. The van der Waals surface area contributed by atoms with Crippen molar-refractivity contribution in [2.45, 2.75) is 37.4 Å². The van der Waals surface area contributed by atoms with E-state index in [9.17, 15) is 26.7 Å². The first-order valence-electron chi connectivity index (χ1n) is 11.7. The van der Waals surface area contributed by atoms with E-state index in [4.69, 9.17) is 5.73 Å². The summed E-state index contributed by atoms with van der Waals surface area (Å²) >= 11 is -1.52. The summed E-state index contributed by atoms with van der Waals surface area (Å²) in [5, 5.41) is 7.59. The Bertz CT molecular complexity index is 1590. The molecule has 1 amide bonds. The fourth-order valence-electron chi connectivity index (χ4n) is 4.67. The van der Waals surface area contributed by atoms with Gasteiger partial charge >= 0.3 is 210 Å². The Balaban J connectivity index is 1.63. The van der Waals surface area contributed by atoms with Crippen molar-refractivity contribution in [2.24, 2.45) is 0 Å². The number of nitrogens with two attached hydrogens (primary N) is 1. The fraction of sp³-hybridized carbons (Fsp3) is 0.308. The van der Waals surface area contributed by atoms with Crippen LogP contribution in [0, 0.1) is 3.57 Å². The standard InChI is InChI=1S/C26H24F5IN6O/c1-24(14-7-5-4-6-8-14)18-20(33)34-22(35-21(18)36-23(24)39)19-16-10-9-15(32(2)3)13-17(16)38(37-19)12-11-25(27,28)26(29,30)31/h4-10,13H,11-12H2,1-3H3,(H3,33,34,35,36,39). The summed E-state index contributed by atoms with van der Waals surface area (Å²) in [6.45, 7) is 1.03. The molecule has 4 aromatic rings. The third kappa shape index (κ3) is 4.49. The van der Waals surface area contributed by atoms with Crippen molar-refractivity contribution >= 4 is 48.3 Å². The van der Waals surface area contributed by atoms with Crippen LogP contribution in [-0.4, -0.2) is 47.6 Å². The molecule has 1 unspecified atom stereocenters. The molecule has 7 nitrogen and oxygen atoms in total. The van der Waals surface area contributed by atoms with Gasteiger partial charge in [0.15, 0.2) is 0 Å². The third-order valence-electron chi connectivity index (χ3n) is 6.89. The van der Waals surface area contributed by atoms with Crippen LogP contribution in [0.4, 0.5) is 33.6 Å². The molecular formula is C26H24F5IN6O. The molecule has 0 saturated heterocycles. The summed E-state index contributed by atoms with van der Waals surface area (Å²) in [6, 6.07) is 14.4. The zero-order valence-electron chi connectivity index (χ0n) is 21.1. The molecule has 2 aromatic carbocycles. The molecule has 13 heteroatoms. The van der Waals surface area contributed by atoms with Crippen LogP contribution in [0.3, 0.4) is 0 Å². The van der Waals surface area contributed by atoms with E-state index in [1.807, 2.05) is 12.1 Å². The molecular weight excluding hydrogens is 634 g/mol. The Labute approximate surface area is 227 Å². The van der Waals surface area contributed by atoms with E-state index < -0.39 is 50.3 Å². The van der Waals surface area contributed by atoms with Crippen LogP contribution in [0.1, 0.15) is 24.5 Å². The van der Waals surface area contributed by atoms with Gasteiger partial charge in [0.05, 0.1) is 0 Å². The summed E-state index contributed by atoms with van der Waals surface area (Å²) in [4.78, 5) is 26.2. The molecule has 1 atom stereocenters. The van der Waals surface area contributed by atoms with Crippen LogP contribution < -0.4 is 11.1 Å². The minimum absolute atomic E-state index is 0.0197. The van der Waals surface area contributed by atoms with Crippen molar-refractivity contribution < 1.29 is 26.7 Å². The van der Waals surface area contributed by atoms with E-state index in [2.05, 4.69) is 30.2 Å². The van der Waals surface area contributed by atoms with Crippen LogP contribution in [0.15, 0.2) is 48.5 Å². The summed E-state index contributed by atoms with van der Waals surface area (Å²) < 4.78 is 68.2. The molecule has 2 aromatic heterocycles. The van der Waals surface area contributed by atoms with Gasteiger partial charge in [0, 0.05) is 0 Å². The number of nitrogens with zero attached hydrogens (tertiary/aromatic N) is 4. The number of carbonyl (C=O) groups excluding carboxylic acids is 1. The molecule has 5 rings (SSSR count).